The third-order valence-electron chi connectivity index (χ3n) is 2.26. The van der Waals surface area contributed by atoms with Crippen molar-refractivity contribution in [1.29, 1.82) is 0 Å². The van der Waals surface area contributed by atoms with Crippen LogP contribution in [0.25, 0.3) is 0 Å². The van der Waals surface area contributed by atoms with E-state index in [1.165, 1.54) is 0 Å². The number of alkyl halides is 1. The van der Waals surface area contributed by atoms with Gasteiger partial charge in [0.1, 0.15) is 0 Å². The van der Waals surface area contributed by atoms with E-state index in [0.717, 1.165) is 11.1 Å². The summed E-state index contributed by atoms with van der Waals surface area (Å²) in [7, 11) is -3.42. The van der Waals surface area contributed by atoms with Crippen LogP contribution in [0.15, 0.2) is 23.1 Å². The van der Waals surface area contributed by atoms with E-state index in [2.05, 4.69) is 20.7 Å². The highest BCUT2D eigenvalue weighted by molar-refractivity contribution is 9.09. The Hall–Kier alpha value is -0.390. The molecule has 16 heavy (non-hydrogen) atoms. The molecule has 0 aliphatic heterocycles. The van der Waals surface area contributed by atoms with E-state index in [9.17, 15) is 8.42 Å². The van der Waals surface area contributed by atoms with Gasteiger partial charge in [-0.25, -0.2) is 8.42 Å². The summed E-state index contributed by atoms with van der Waals surface area (Å²) in [4.78, 5) is 0.120. The van der Waals surface area contributed by atoms with Crippen molar-refractivity contribution in [2.75, 3.05) is 0 Å². The molecule has 0 aliphatic carbocycles. The van der Waals surface area contributed by atoms with Gasteiger partial charge in [-0.3, -0.25) is 0 Å². The molecule has 1 N–H and O–H groups in total. The summed E-state index contributed by atoms with van der Waals surface area (Å²) < 4.78 is 26.6. The third-order valence-corrected chi connectivity index (χ3v) is 5.07. The predicted molar refractivity (Wildman–Crippen MR) is 69.2 cm³/mol. The highest BCUT2D eigenvalue weighted by atomic mass is 79.9. The Balaban J connectivity index is 3.08. The normalized spacial score (nSPS) is 13.8. The van der Waals surface area contributed by atoms with Crippen molar-refractivity contribution in [1.82, 2.24) is 4.72 Å². The summed E-state index contributed by atoms with van der Waals surface area (Å²) in [5, 5.41) is 0. The van der Waals surface area contributed by atoms with Crippen LogP contribution in [0, 0.1) is 13.8 Å². The lowest BCUT2D eigenvalue weighted by Gasteiger charge is -2.12. The minimum Gasteiger partial charge on any atom is -0.207 e. The highest BCUT2D eigenvalue weighted by Crippen LogP contribution is 2.17. The van der Waals surface area contributed by atoms with Crippen LogP contribution in [-0.4, -0.2) is 13.4 Å². The topological polar surface area (TPSA) is 46.2 Å². The average molecular weight is 306 g/mol. The summed E-state index contributed by atoms with van der Waals surface area (Å²) in [5.41, 5.74) is 1.82. The van der Waals surface area contributed by atoms with Crippen LogP contribution in [0.3, 0.4) is 0 Å². The van der Waals surface area contributed by atoms with Gasteiger partial charge in [-0.15, -0.1) is 0 Å². The molecule has 90 valence electrons. The first kappa shape index (κ1) is 13.7. The molecule has 1 rings (SSSR count). The standard InChI is InChI=1S/C11H16BrNO2S/c1-4-11(12)13-16(14,15)10-6-5-8(2)7-9(10)3/h5-7,11,13H,4H2,1-3H3. The lowest BCUT2D eigenvalue weighted by atomic mass is 10.2. The van der Waals surface area contributed by atoms with E-state index in [4.69, 9.17) is 0 Å². The average Bonchev–Trinajstić information content (AvgIpc) is 2.16. The van der Waals surface area contributed by atoms with Crippen LogP contribution in [-0.2, 0) is 10.0 Å². The fourth-order valence-corrected chi connectivity index (χ4v) is 3.51. The molecule has 1 aromatic rings. The molecule has 3 nitrogen and oxygen atoms in total. The molecule has 0 aliphatic rings. The lowest BCUT2D eigenvalue weighted by molar-refractivity contribution is 0.577. The van der Waals surface area contributed by atoms with E-state index < -0.39 is 10.0 Å². The first-order chi connectivity index (χ1) is 7.36. The zero-order valence-electron chi connectivity index (χ0n) is 9.62. The molecule has 0 bridgehead atoms. The number of nitrogens with one attached hydrogen (secondary N) is 1. The number of rotatable bonds is 4. The maximum absolute atomic E-state index is 12.0. The summed E-state index contributed by atoms with van der Waals surface area (Å²) >= 11 is 3.26. The van der Waals surface area contributed by atoms with Crippen molar-refractivity contribution in [2.45, 2.75) is 37.0 Å². The number of halogens is 1. The fraction of sp³-hybridized carbons (Fsp3) is 0.455. The Kier molecular flexibility index (Phi) is 4.52. The molecule has 0 radical (unpaired) electrons. The first-order valence-electron chi connectivity index (χ1n) is 5.10. The van der Waals surface area contributed by atoms with Gasteiger partial charge in [0.15, 0.2) is 0 Å². The molecule has 0 aromatic heterocycles. The first-order valence-corrected chi connectivity index (χ1v) is 7.50. The summed E-state index contributed by atoms with van der Waals surface area (Å²) in [6, 6.07) is 5.31. The summed E-state index contributed by atoms with van der Waals surface area (Å²) in [6.07, 6.45) is 0.699. The van der Waals surface area contributed by atoms with Gasteiger partial charge in [0.25, 0.3) is 0 Å². The molecule has 0 spiro atoms. The Morgan fingerprint density at radius 3 is 2.50 bits per heavy atom. The molecule has 1 unspecified atom stereocenters. The zero-order valence-corrected chi connectivity index (χ0v) is 12.0. The van der Waals surface area contributed by atoms with Gasteiger partial charge < -0.3 is 0 Å². The van der Waals surface area contributed by atoms with Gasteiger partial charge >= 0.3 is 0 Å². The third kappa shape index (κ3) is 3.30. The number of benzene rings is 1. The molecule has 0 saturated heterocycles. The van der Waals surface area contributed by atoms with Gasteiger partial charge in [0.2, 0.25) is 10.0 Å². The molecule has 0 fully saturated rings. The van der Waals surface area contributed by atoms with E-state index in [1.807, 2.05) is 19.9 Å². The monoisotopic (exact) mass is 305 g/mol. The molecule has 1 aromatic carbocycles. The summed E-state index contributed by atoms with van der Waals surface area (Å²) in [6.45, 7) is 5.65. The number of hydrogen-bond acceptors (Lipinski definition) is 2. The fourth-order valence-electron chi connectivity index (χ4n) is 1.42. The predicted octanol–water partition coefficient (Wildman–Crippen LogP) is 2.71. The van der Waals surface area contributed by atoms with Gasteiger partial charge in [-0.2, -0.15) is 4.72 Å². The van der Waals surface area contributed by atoms with Crippen molar-refractivity contribution in [3.8, 4) is 0 Å². The lowest BCUT2D eigenvalue weighted by Crippen LogP contribution is -2.30. The quantitative estimate of drug-likeness (QED) is 0.687. The molecule has 0 heterocycles. The van der Waals surface area contributed by atoms with Crippen LogP contribution in [0.1, 0.15) is 24.5 Å². The molecule has 1 atom stereocenters. The Bertz CT molecular complexity index is 471. The SMILES string of the molecule is CCC(Br)NS(=O)(=O)c1ccc(C)cc1C. The van der Waals surface area contributed by atoms with Crippen molar-refractivity contribution < 1.29 is 8.42 Å². The maximum Gasteiger partial charge on any atom is 0.241 e. The van der Waals surface area contributed by atoms with E-state index >= 15 is 0 Å². The number of sulfonamides is 1. The van der Waals surface area contributed by atoms with Crippen LogP contribution < -0.4 is 4.72 Å². The molecular weight excluding hydrogens is 290 g/mol. The van der Waals surface area contributed by atoms with E-state index in [-0.39, 0.29) is 4.95 Å². The van der Waals surface area contributed by atoms with Crippen LogP contribution in [0.5, 0.6) is 0 Å². The Morgan fingerprint density at radius 2 is 2.00 bits per heavy atom. The zero-order chi connectivity index (χ0) is 12.3. The van der Waals surface area contributed by atoms with Gasteiger partial charge in [0.05, 0.1) is 9.85 Å². The van der Waals surface area contributed by atoms with Crippen LogP contribution in [0.4, 0.5) is 0 Å². The maximum atomic E-state index is 12.0. The van der Waals surface area contributed by atoms with Crippen molar-refractivity contribution in [2.24, 2.45) is 0 Å². The van der Waals surface area contributed by atoms with Crippen molar-refractivity contribution in [3.05, 3.63) is 29.3 Å². The van der Waals surface area contributed by atoms with Gasteiger partial charge in [0, 0.05) is 0 Å². The van der Waals surface area contributed by atoms with E-state index in [0.29, 0.717) is 11.3 Å². The highest BCUT2D eigenvalue weighted by Gasteiger charge is 2.19. The van der Waals surface area contributed by atoms with Crippen LogP contribution >= 0.6 is 15.9 Å². The van der Waals surface area contributed by atoms with Gasteiger partial charge in [-0.05, 0) is 31.9 Å². The van der Waals surface area contributed by atoms with Gasteiger partial charge in [-0.1, -0.05) is 40.5 Å². The Morgan fingerprint density at radius 1 is 1.38 bits per heavy atom. The second kappa shape index (κ2) is 5.29. The number of hydrogen-bond donors (Lipinski definition) is 1. The number of aryl methyl sites for hydroxylation is 2. The molecular formula is C11H16BrNO2S. The Labute approximate surface area is 105 Å². The molecule has 0 saturated carbocycles. The minimum atomic E-state index is -3.42. The van der Waals surface area contributed by atoms with Crippen molar-refractivity contribution >= 4 is 26.0 Å². The second-order valence-corrected chi connectivity index (χ2v) is 6.55. The molecule has 0 amide bonds. The second-order valence-electron chi connectivity index (χ2n) is 3.77. The largest absolute Gasteiger partial charge is 0.241 e. The summed E-state index contributed by atoms with van der Waals surface area (Å²) in [5.74, 6) is 0. The van der Waals surface area contributed by atoms with E-state index in [1.54, 1.807) is 19.1 Å². The van der Waals surface area contributed by atoms with Crippen molar-refractivity contribution in [3.63, 3.8) is 0 Å². The smallest absolute Gasteiger partial charge is 0.207 e. The van der Waals surface area contributed by atoms with Crippen LogP contribution in [0.2, 0.25) is 0 Å². The minimum absolute atomic E-state index is 0.224. The molecule has 5 heteroatoms.